The Hall–Kier alpha value is -0.933. The van der Waals surface area contributed by atoms with E-state index in [1.165, 1.54) is 11.1 Å². The van der Waals surface area contributed by atoms with Crippen LogP contribution in [0.15, 0.2) is 30.1 Å². The van der Waals surface area contributed by atoms with Gasteiger partial charge in [-0.2, -0.15) is 0 Å². The van der Waals surface area contributed by atoms with Crippen molar-refractivity contribution in [3.8, 4) is 0 Å². The maximum absolute atomic E-state index is 6.18. The first-order valence-electron chi connectivity index (χ1n) is 6.43. The minimum absolute atomic E-state index is 0.268. The van der Waals surface area contributed by atoms with Gasteiger partial charge in [-0.25, -0.2) is 0 Å². The molecule has 0 saturated heterocycles. The van der Waals surface area contributed by atoms with Gasteiger partial charge in [0, 0.05) is 12.4 Å². The summed E-state index contributed by atoms with van der Waals surface area (Å²) in [4.78, 5) is 4.02. The molecular weight excluding hydrogens is 238 g/mol. The third-order valence-corrected chi connectivity index (χ3v) is 8.06. The van der Waals surface area contributed by atoms with Gasteiger partial charge in [0.15, 0.2) is 8.32 Å². The van der Waals surface area contributed by atoms with E-state index in [0.29, 0.717) is 0 Å². The molecule has 1 aromatic rings. The summed E-state index contributed by atoms with van der Waals surface area (Å²) >= 11 is 0. The van der Waals surface area contributed by atoms with Gasteiger partial charge in [0.25, 0.3) is 0 Å². The van der Waals surface area contributed by atoms with Crippen LogP contribution < -0.4 is 0 Å². The van der Waals surface area contributed by atoms with Crippen LogP contribution in [0.2, 0.25) is 18.1 Å². The predicted molar refractivity (Wildman–Crippen MR) is 81.0 cm³/mol. The quantitative estimate of drug-likeness (QED) is 0.746. The fourth-order valence-corrected chi connectivity index (χ4v) is 2.32. The summed E-state index contributed by atoms with van der Waals surface area (Å²) in [6, 6.07) is 4.02. The number of hydrogen-bond acceptors (Lipinski definition) is 2. The fourth-order valence-electron chi connectivity index (χ4n) is 1.30. The number of pyridine rings is 1. The van der Waals surface area contributed by atoms with Gasteiger partial charge in [-0.1, -0.05) is 26.8 Å². The Balaban J connectivity index is 2.62. The first kappa shape index (κ1) is 15.1. The van der Waals surface area contributed by atoms with E-state index < -0.39 is 8.32 Å². The first-order valence-corrected chi connectivity index (χ1v) is 9.34. The van der Waals surface area contributed by atoms with Crippen molar-refractivity contribution in [2.75, 3.05) is 6.61 Å². The fraction of sp³-hybridized carbons (Fsp3) is 0.533. The highest BCUT2D eigenvalue weighted by atomic mass is 28.4. The van der Waals surface area contributed by atoms with Crippen LogP contribution in [0.5, 0.6) is 0 Å². The molecule has 0 fully saturated rings. The number of aromatic nitrogens is 1. The van der Waals surface area contributed by atoms with Gasteiger partial charge < -0.3 is 4.43 Å². The van der Waals surface area contributed by atoms with Crippen LogP contribution in [-0.4, -0.2) is 19.9 Å². The van der Waals surface area contributed by atoms with E-state index in [-0.39, 0.29) is 5.04 Å². The van der Waals surface area contributed by atoms with Crippen molar-refractivity contribution >= 4 is 14.4 Å². The van der Waals surface area contributed by atoms with Crippen LogP contribution >= 0.6 is 0 Å². The van der Waals surface area contributed by atoms with Gasteiger partial charge in [-0.05, 0) is 48.3 Å². The molecule has 0 atom stereocenters. The van der Waals surface area contributed by atoms with Crippen LogP contribution in [0, 0.1) is 0 Å². The van der Waals surface area contributed by atoms with Crippen molar-refractivity contribution in [2.45, 2.75) is 45.8 Å². The van der Waals surface area contributed by atoms with Crippen LogP contribution in [0.1, 0.15) is 33.3 Å². The van der Waals surface area contributed by atoms with E-state index in [0.717, 1.165) is 6.61 Å². The maximum atomic E-state index is 6.18. The summed E-state index contributed by atoms with van der Waals surface area (Å²) in [7, 11) is -1.64. The summed E-state index contributed by atoms with van der Waals surface area (Å²) in [5.74, 6) is 0. The average molecular weight is 263 g/mol. The monoisotopic (exact) mass is 263 g/mol. The molecule has 0 amide bonds. The second kappa shape index (κ2) is 5.80. The second-order valence-corrected chi connectivity index (χ2v) is 11.1. The summed E-state index contributed by atoms with van der Waals surface area (Å²) < 4.78 is 6.18. The van der Waals surface area contributed by atoms with Gasteiger partial charge in [0.05, 0.1) is 6.61 Å². The smallest absolute Gasteiger partial charge is 0.192 e. The zero-order chi connectivity index (χ0) is 13.8. The van der Waals surface area contributed by atoms with Gasteiger partial charge in [-0.15, -0.1) is 0 Å². The molecule has 3 heteroatoms. The largest absolute Gasteiger partial charge is 0.413 e. The van der Waals surface area contributed by atoms with Gasteiger partial charge in [0.2, 0.25) is 0 Å². The third kappa shape index (κ3) is 4.39. The van der Waals surface area contributed by atoms with Crippen molar-refractivity contribution in [3.63, 3.8) is 0 Å². The molecule has 0 bridgehead atoms. The Kier molecular flexibility index (Phi) is 4.88. The first-order chi connectivity index (χ1) is 8.22. The van der Waals surface area contributed by atoms with Crippen molar-refractivity contribution in [1.82, 2.24) is 4.98 Å². The molecule has 0 spiro atoms. The summed E-state index contributed by atoms with van der Waals surface area (Å²) in [6.45, 7) is 14.2. The average Bonchev–Trinajstić information content (AvgIpc) is 2.26. The molecule has 0 aliphatic carbocycles. The lowest BCUT2D eigenvalue weighted by atomic mass is 10.2. The van der Waals surface area contributed by atoms with E-state index in [9.17, 15) is 0 Å². The van der Waals surface area contributed by atoms with E-state index >= 15 is 0 Å². The van der Waals surface area contributed by atoms with Gasteiger partial charge in [0.1, 0.15) is 0 Å². The van der Waals surface area contributed by atoms with Crippen LogP contribution in [0.3, 0.4) is 0 Å². The zero-order valence-electron chi connectivity index (χ0n) is 12.4. The number of rotatable bonds is 4. The SMILES string of the molecule is C/C(=C\c1ccncc1)CO[Si](C)(C)C(C)(C)C. The lowest BCUT2D eigenvalue weighted by Gasteiger charge is -2.36. The van der Waals surface area contributed by atoms with Crippen LogP contribution in [0.25, 0.3) is 6.08 Å². The van der Waals surface area contributed by atoms with E-state index in [4.69, 9.17) is 4.43 Å². The zero-order valence-corrected chi connectivity index (χ0v) is 13.4. The highest BCUT2D eigenvalue weighted by Crippen LogP contribution is 2.36. The van der Waals surface area contributed by atoms with Crippen LogP contribution in [-0.2, 0) is 4.43 Å². The summed E-state index contributed by atoms with van der Waals surface area (Å²) in [6.07, 6.45) is 5.79. The standard InChI is InChI=1S/C15H25NOSi/c1-13(11-14-7-9-16-10-8-14)12-17-18(5,6)15(2,3)4/h7-11H,12H2,1-6H3/b13-11+. The molecule has 2 nitrogen and oxygen atoms in total. The topological polar surface area (TPSA) is 22.1 Å². The molecule has 0 saturated carbocycles. The second-order valence-electron chi connectivity index (χ2n) is 6.32. The highest BCUT2D eigenvalue weighted by molar-refractivity contribution is 6.74. The summed E-state index contributed by atoms with van der Waals surface area (Å²) in [5, 5.41) is 0.268. The van der Waals surface area contributed by atoms with E-state index in [2.05, 4.69) is 51.8 Å². The molecule has 1 rings (SSSR count). The normalized spacial score (nSPS) is 13.8. The molecule has 1 heterocycles. The van der Waals surface area contributed by atoms with Gasteiger partial charge in [-0.3, -0.25) is 4.98 Å². The molecule has 0 unspecified atom stereocenters. The molecule has 0 aliphatic rings. The lowest BCUT2D eigenvalue weighted by molar-refractivity contribution is 0.319. The van der Waals surface area contributed by atoms with Crippen molar-refractivity contribution < 1.29 is 4.43 Å². The third-order valence-electron chi connectivity index (χ3n) is 3.59. The number of nitrogens with zero attached hydrogens (tertiary/aromatic N) is 1. The Labute approximate surface area is 112 Å². The molecule has 100 valence electrons. The maximum Gasteiger partial charge on any atom is 0.192 e. The molecular formula is C15H25NOSi. The van der Waals surface area contributed by atoms with Crippen molar-refractivity contribution in [2.24, 2.45) is 0 Å². The number of hydrogen-bond donors (Lipinski definition) is 0. The molecule has 0 radical (unpaired) electrons. The minimum Gasteiger partial charge on any atom is -0.413 e. The molecule has 1 aromatic heterocycles. The Morgan fingerprint density at radius 1 is 1.28 bits per heavy atom. The minimum atomic E-state index is -1.64. The summed E-state index contributed by atoms with van der Waals surface area (Å²) in [5.41, 5.74) is 2.44. The van der Waals surface area contributed by atoms with Crippen molar-refractivity contribution in [1.29, 1.82) is 0 Å². The predicted octanol–water partition coefficient (Wildman–Crippen LogP) is 4.51. The van der Waals surface area contributed by atoms with Crippen LogP contribution in [0.4, 0.5) is 0 Å². The molecule has 0 aliphatic heterocycles. The molecule has 0 aromatic carbocycles. The van der Waals surface area contributed by atoms with Crippen molar-refractivity contribution in [3.05, 3.63) is 35.7 Å². The highest BCUT2D eigenvalue weighted by Gasteiger charge is 2.36. The lowest BCUT2D eigenvalue weighted by Crippen LogP contribution is -2.41. The Morgan fingerprint density at radius 3 is 2.33 bits per heavy atom. The molecule has 18 heavy (non-hydrogen) atoms. The Bertz CT molecular complexity index is 404. The van der Waals surface area contributed by atoms with Gasteiger partial charge >= 0.3 is 0 Å². The molecule has 0 N–H and O–H groups in total. The van der Waals surface area contributed by atoms with E-state index in [1.54, 1.807) is 0 Å². The Morgan fingerprint density at radius 2 is 1.83 bits per heavy atom. The van der Waals surface area contributed by atoms with E-state index in [1.807, 2.05) is 24.5 Å².